The van der Waals surface area contributed by atoms with Gasteiger partial charge >= 0.3 is 0 Å². The van der Waals surface area contributed by atoms with Gasteiger partial charge in [0.25, 0.3) is 0 Å². The normalized spacial score (nSPS) is 9.45. The van der Waals surface area contributed by atoms with E-state index in [-0.39, 0.29) is 0 Å². The molecule has 0 fully saturated rings. The second-order valence-corrected chi connectivity index (χ2v) is 2.58. The molecule has 0 aliphatic heterocycles. The summed E-state index contributed by atoms with van der Waals surface area (Å²) >= 11 is 0. The van der Waals surface area contributed by atoms with E-state index in [1.807, 2.05) is 6.07 Å². The number of hydrogen-bond acceptors (Lipinski definition) is 2. The second kappa shape index (κ2) is 9.45. The fourth-order valence-electron chi connectivity index (χ4n) is 0.851. The van der Waals surface area contributed by atoms with Crippen molar-refractivity contribution in [2.75, 3.05) is 13.2 Å². The van der Waals surface area contributed by atoms with E-state index in [4.69, 9.17) is 10.00 Å². The lowest BCUT2D eigenvalue weighted by molar-refractivity contribution is 0.135. The van der Waals surface area contributed by atoms with E-state index < -0.39 is 0 Å². The van der Waals surface area contributed by atoms with Crippen molar-refractivity contribution in [3.05, 3.63) is 0 Å². The van der Waals surface area contributed by atoms with Crippen LogP contribution in [0.2, 0.25) is 0 Å². The first-order valence-corrected chi connectivity index (χ1v) is 4.36. The van der Waals surface area contributed by atoms with Crippen LogP contribution in [0.1, 0.15) is 39.0 Å². The van der Waals surface area contributed by atoms with Gasteiger partial charge in [0, 0.05) is 6.61 Å². The quantitative estimate of drug-likeness (QED) is 0.529. The van der Waals surface area contributed by atoms with Crippen LogP contribution in [0.3, 0.4) is 0 Å². The second-order valence-electron chi connectivity index (χ2n) is 2.58. The predicted octanol–water partition coefficient (Wildman–Crippen LogP) is 2.50. The Labute approximate surface area is 69.2 Å². The Kier molecular flexibility index (Phi) is 8.98. The predicted molar refractivity (Wildman–Crippen MR) is 45.2 cm³/mol. The summed E-state index contributed by atoms with van der Waals surface area (Å²) in [5.74, 6) is 0. The zero-order chi connectivity index (χ0) is 8.36. The first kappa shape index (κ1) is 10.4. The zero-order valence-corrected chi connectivity index (χ0v) is 7.31. The maximum Gasteiger partial charge on any atom is 0.0645 e. The molecule has 0 aliphatic carbocycles. The van der Waals surface area contributed by atoms with Crippen LogP contribution in [-0.2, 0) is 4.74 Å². The van der Waals surface area contributed by atoms with Crippen LogP contribution in [0.15, 0.2) is 0 Å². The number of hydrogen-bond donors (Lipinski definition) is 0. The highest BCUT2D eigenvalue weighted by atomic mass is 16.5. The SMILES string of the molecule is CCCCCCOCCC#N. The summed E-state index contributed by atoms with van der Waals surface area (Å²) < 4.78 is 5.20. The third kappa shape index (κ3) is 9.45. The smallest absolute Gasteiger partial charge is 0.0645 e. The minimum atomic E-state index is 0.522. The molecule has 0 aromatic rings. The number of ether oxygens (including phenoxy) is 1. The number of nitriles is 1. The monoisotopic (exact) mass is 155 g/mol. The Balaban J connectivity index is 2.75. The Bertz CT molecular complexity index is 107. The number of unbranched alkanes of at least 4 members (excludes halogenated alkanes) is 3. The molecule has 0 heterocycles. The molecular weight excluding hydrogens is 138 g/mol. The van der Waals surface area contributed by atoms with Crippen LogP contribution in [0.4, 0.5) is 0 Å². The summed E-state index contributed by atoms with van der Waals surface area (Å²) in [6.45, 7) is 3.61. The van der Waals surface area contributed by atoms with Crippen molar-refractivity contribution in [1.29, 1.82) is 5.26 Å². The lowest BCUT2D eigenvalue weighted by Gasteiger charge is -1.99. The fourth-order valence-corrected chi connectivity index (χ4v) is 0.851. The van der Waals surface area contributed by atoms with E-state index in [1.54, 1.807) is 0 Å². The molecule has 0 aliphatic rings. The first-order chi connectivity index (χ1) is 5.41. The lowest BCUT2D eigenvalue weighted by Crippen LogP contribution is -1.95. The van der Waals surface area contributed by atoms with Crippen molar-refractivity contribution in [3.8, 4) is 6.07 Å². The molecule has 0 atom stereocenters. The Morgan fingerprint density at radius 3 is 2.64 bits per heavy atom. The number of rotatable bonds is 7. The average molecular weight is 155 g/mol. The molecule has 0 aromatic carbocycles. The average Bonchev–Trinajstić information content (AvgIpc) is 2.03. The molecule has 0 N–H and O–H groups in total. The van der Waals surface area contributed by atoms with E-state index in [0.29, 0.717) is 13.0 Å². The molecule has 0 spiro atoms. The Morgan fingerprint density at radius 1 is 1.18 bits per heavy atom. The summed E-state index contributed by atoms with van der Waals surface area (Å²) in [4.78, 5) is 0. The van der Waals surface area contributed by atoms with E-state index in [0.717, 1.165) is 13.0 Å². The molecule has 0 amide bonds. The summed E-state index contributed by atoms with van der Waals surface area (Å²) in [5, 5.41) is 8.18. The van der Waals surface area contributed by atoms with Crippen molar-refractivity contribution >= 4 is 0 Å². The van der Waals surface area contributed by atoms with Gasteiger partial charge < -0.3 is 4.74 Å². The van der Waals surface area contributed by atoms with Crippen molar-refractivity contribution in [1.82, 2.24) is 0 Å². The van der Waals surface area contributed by atoms with Crippen molar-refractivity contribution in [2.24, 2.45) is 0 Å². The van der Waals surface area contributed by atoms with Gasteiger partial charge in [-0.2, -0.15) is 5.26 Å². The van der Waals surface area contributed by atoms with Gasteiger partial charge in [0.1, 0.15) is 0 Å². The highest BCUT2D eigenvalue weighted by Gasteiger charge is 1.88. The van der Waals surface area contributed by atoms with E-state index >= 15 is 0 Å². The zero-order valence-electron chi connectivity index (χ0n) is 7.31. The maximum absolute atomic E-state index is 8.18. The van der Waals surface area contributed by atoms with Gasteiger partial charge in [0.05, 0.1) is 19.1 Å². The van der Waals surface area contributed by atoms with Gasteiger partial charge in [-0.05, 0) is 6.42 Å². The van der Waals surface area contributed by atoms with Gasteiger partial charge in [0.15, 0.2) is 0 Å². The highest BCUT2D eigenvalue weighted by Crippen LogP contribution is 1.98. The van der Waals surface area contributed by atoms with Crippen LogP contribution >= 0.6 is 0 Å². The molecule has 0 saturated heterocycles. The number of nitrogens with zero attached hydrogens (tertiary/aromatic N) is 1. The largest absolute Gasteiger partial charge is 0.380 e. The van der Waals surface area contributed by atoms with Crippen LogP contribution in [0, 0.1) is 11.3 Å². The molecular formula is C9H17NO. The summed E-state index contributed by atoms with van der Waals surface area (Å²) in [5.41, 5.74) is 0. The molecule has 0 aromatic heterocycles. The molecule has 0 rings (SSSR count). The van der Waals surface area contributed by atoms with Crippen LogP contribution in [0.25, 0.3) is 0 Å². The minimum absolute atomic E-state index is 0.522. The van der Waals surface area contributed by atoms with E-state index in [2.05, 4.69) is 6.92 Å². The van der Waals surface area contributed by atoms with Gasteiger partial charge in [-0.3, -0.25) is 0 Å². The topological polar surface area (TPSA) is 33.0 Å². The van der Waals surface area contributed by atoms with Gasteiger partial charge in [-0.25, -0.2) is 0 Å². The van der Waals surface area contributed by atoms with Gasteiger partial charge in [-0.15, -0.1) is 0 Å². The molecule has 11 heavy (non-hydrogen) atoms. The summed E-state index contributed by atoms with van der Waals surface area (Å²) in [7, 11) is 0. The van der Waals surface area contributed by atoms with Gasteiger partial charge in [0.2, 0.25) is 0 Å². The van der Waals surface area contributed by atoms with Crippen LogP contribution in [-0.4, -0.2) is 13.2 Å². The molecule has 0 saturated carbocycles. The van der Waals surface area contributed by atoms with Crippen LogP contribution < -0.4 is 0 Å². The molecule has 2 nitrogen and oxygen atoms in total. The summed E-state index contributed by atoms with van der Waals surface area (Å²) in [6.07, 6.45) is 5.47. The fraction of sp³-hybridized carbons (Fsp3) is 0.889. The molecule has 2 heteroatoms. The molecule has 0 bridgehead atoms. The van der Waals surface area contributed by atoms with Crippen molar-refractivity contribution < 1.29 is 4.74 Å². The minimum Gasteiger partial charge on any atom is -0.380 e. The van der Waals surface area contributed by atoms with Crippen molar-refractivity contribution in [2.45, 2.75) is 39.0 Å². The third-order valence-corrected chi connectivity index (χ3v) is 1.50. The first-order valence-electron chi connectivity index (χ1n) is 4.36. The lowest BCUT2D eigenvalue weighted by atomic mass is 10.2. The Hall–Kier alpha value is -0.550. The van der Waals surface area contributed by atoms with E-state index in [9.17, 15) is 0 Å². The van der Waals surface area contributed by atoms with Crippen LogP contribution in [0.5, 0.6) is 0 Å². The van der Waals surface area contributed by atoms with Gasteiger partial charge in [-0.1, -0.05) is 26.2 Å². The molecule has 0 radical (unpaired) electrons. The molecule has 64 valence electrons. The molecule has 0 unspecified atom stereocenters. The van der Waals surface area contributed by atoms with E-state index in [1.165, 1.54) is 19.3 Å². The standard InChI is InChI=1S/C9H17NO/c1-2-3-4-5-8-11-9-6-7-10/h2-6,8-9H2,1H3. The highest BCUT2D eigenvalue weighted by molar-refractivity contribution is 4.66. The third-order valence-electron chi connectivity index (χ3n) is 1.50. The van der Waals surface area contributed by atoms with Crippen molar-refractivity contribution in [3.63, 3.8) is 0 Å². The summed E-state index contributed by atoms with van der Waals surface area (Å²) in [6, 6.07) is 2.04. The Morgan fingerprint density at radius 2 is 2.00 bits per heavy atom. The maximum atomic E-state index is 8.18.